The predicted molar refractivity (Wildman–Crippen MR) is 69.4 cm³/mol. The monoisotopic (exact) mass is 266 g/mol. The molecule has 0 atom stereocenters. The summed E-state index contributed by atoms with van der Waals surface area (Å²) < 4.78 is 5.12. The van der Waals surface area contributed by atoms with E-state index in [0.717, 1.165) is 11.1 Å². The molecule has 0 N–H and O–H groups in total. The Hall–Kier alpha value is -1.73. The van der Waals surface area contributed by atoms with Crippen molar-refractivity contribution in [1.82, 2.24) is 4.90 Å². The fourth-order valence-corrected chi connectivity index (χ4v) is 1.83. The fraction of sp³-hybridized carbons (Fsp3) is 0.385. The van der Waals surface area contributed by atoms with Gasteiger partial charge in [0.15, 0.2) is 0 Å². The van der Waals surface area contributed by atoms with Gasteiger partial charge in [0.25, 0.3) is 0 Å². The van der Waals surface area contributed by atoms with Gasteiger partial charge in [0.2, 0.25) is 5.91 Å². The van der Waals surface area contributed by atoms with E-state index in [1.54, 1.807) is 20.2 Å². The zero-order chi connectivity index (χ0) is 13.7. The van der Waals surface area contributed by atoms with Crippen LogP contribution in [0.4, 0.5) is 0 Å². The smallest absolute Gasteiger partial charge is 0.236 e. The summed E-state index contributed by atoms with van der Waals surface area (Å²) in [6, 6.07) is 5.46. The second-order valence-corrected chi connectivity index (χ2v) is 4.41. The van der Waals surface area contributed by atoms with Gasteiger partial charge in [0.1, 0.15) is 12.2 Å². The average Bonchev–Trinajstić information content (AvgIpc) is 2.33. The molecule has 0 unspecified atom stereocenters. The number of ether oxygens (including phenoxy) is 1. The van der Waals surface area contributed by atoms with Crippen LogP contribution in [0.25, 0.3) is 0 Å². The summed E-state index contributed by atoms with van der Waals surface area (Å²) in [6.07, 6.45) is -0.112. The van der Waals surface area contributed by atoms with Crippen LogP contribution in [0.3, 0.4) is 0 Å². The molecule has 96 valence electrons. The molecule has 0 aliphatic heterocycles. The highest BCUT2D eigenvalue weighted by Crippen LogP contribution is 2.28. The summed E-state index contributed by atoms with van der Waals surface area (Å²) in [7, 11) is 3.22. The van der Waals surface area contributed by atoms with E-state index in [-0.39, 0.29) is 12.3 Å². The van der Waals surface area contributed by atoms with Gasteiger partial charge in [-0.3, -0.25) is 4.79 Å². The van der Waals surface area contributed by atoms with Crippen LogP contribution in [0.15, 0.2) is 12.1 Å². The van der Waals surface area contributed by atoms with Crippen LogP contribution >= 0.6 is 11.6 Å². The summed E-state index contributed by atoms with van der Waals surface area (Å²) >= 11 is 6.04. The number of hydrogen-bond donors (Lipinski definition) is 0. The van der Waals surface area contributed by atoms with Crippen LogP contribution in [-0.4, -0.2) is 25.0 Å². The van der Waals surface area contributed by atoms with Gasteiger partial charge in [-0.2, -0.15) is 5.26 Å². The maximum absolute atomic E-state index is 11.5. The third-order valence-electron chi connectivity index (χ3n) is 2.67. The molecule has 5 heteroatoms. The number of halogens is 1. The molecule has 1 amide bonds. The van der Waals surface area contributed by atoms with Gasteiger partial charge in [-0.1, -0.05) is 11.6 Å². The number of amides is 1. The van der Waals surface area contributed by atoms with E-state index in [1.165, 1.54) is 4.90 Å². The molecule has 0 heterocycles. The first-order valence-electron chi connectivity index (χ1n) is 5.43. The molecular formula is C13H15ClN2O2. The maximum atomic E-state index is 11.5. The number of benzene rings is 1. The Morgan fingerprint density at radius 2 is 2.22 bits per heavy atom. The third kappa shape index (κ3) is 3.38. The molecular weight excluding hydrogens is 252 g/mol. The highest BCUT2D eigenvalue weighted by molar-refractivity contribution is 6.32. The van der Waals surface area contributed by atoms with Gasteiger partial charge in [-0.05, 0) is 30.2 Å². The Morgan fingerprint density at radius 3 is 2.78 bits per heavy atom. The van der Waals surface area contributed by atoms with Crippen molar-refractivity contribution >= 4 is 17.5 Å². The third-order valence-corrected chi connectivity index (χ3v) is 2.97. The molecule has 0 radical (unpaired) electrons. The van der Waals surface area contributed by atoms with Crippen molar-refractivity contribution in [1.29, 1.82) is 5.26 Å². The molecule has 0 saturated carbocycles. The lowest BCUT2D eigenvalue weighted by atomic mass is 10.1. The highest BCUT2D eigenvalue weighted by atomic mass is 35.5. The van der Waals surface area contributed by atoms with Gasteiger partial charge in [0.05, 0.1) is 18.2 Å². The summed E-state index contributed by atoms with van der Waals surface area (Å²) in [5.74, 6) is 0.410. The molecule has 4 nitrogen and oxygen atoms in total. The van der Waals surface area contributed by atoms with Crippen LogP contribution in [-0.2, 0) is 11.3 Å². The van der Waals surface area contributed by atoms with Crippen LogP contribution < -0.4 is 4.74 Å². The topological polar surface area (TPSA) is 53.3 Å². The Kier molecular flexibility index (Phi) is 4.99. The summed E-state index contributed by atoms with van der Waals surface area (Å²) in [5.41, 5.74) is 1.93. The number of hydrogen-bond acceptors (Lipinski definition) is 3. The van der Waals surface area contributed by atoms with E-state index in [1.807, 2.05) is 19.1 Å². The van der Waals surface area contributed by atoms with Gasteiger partial charge in [-0.15, -0.1) is 0 Å². The lowest BCUT2D eigenvalue weighted by Crippen LogP contribution is -2.25. The van der Waals surface area contributed by atoms with Crippen molar-refractivity contribution in [3.63, 3.8) is 0 Å². The van der Waals surface area contributed by atoms with Gasteiger partial charge in [-0.25, -0.2) is 0 Å². The Bertz CT molecular complexity index is 494. The van der Waals surface area contributed by atoms with Crippen molar-refractivity contribution in [3.05, 3.63) is 28.3 Å². The molecule has 0 aliphatic carbocycles. The van der Waals surface area contributed by atoms with Gasteiger partial charge >= 0.3 is 0 Å². The zero-order valence-corrected chi connectivity index (χ0v) is 11.4. The normalized spacial score (nSPS) is 9.72. The largest absolute Gasteiger partial charge is 0.495 e. The van der Waals surface area contributed by atoms with E-state index in [9.17, 15) is 4.79 Å². The van der Waals surface area contributed by atoms with Gasteiger partial charge < -0.3 is 9.64 Å². The van der Waals surface area contributed by atoms with Crippen molar-refractivity contribution in [3.8, 4) is 11.8 Å². The first-order chi connectivity index (χ1) is 8.49. The zero-order valence-electron chi connectivity index (χ0n) is 10.7. The van der Waals surface area contributed by atoms with Crippen LogP contribution in [0.2, 0.25) is 5.02 Å². The quantitative estimate of drug-likeness (QED) is 0.841. The molecule has 1 aromatic rings. The van der Waals surface area contributed by atoms with E-state index >= 15 is 0 Å². The average molecular weight is 267 g/mol. The summed E-state index contributed by atoms with van der Waals surface area (Å²) in [6.45, 7) is 2.35. The molecule has 0 bridgehead atoms. The number of methoxy groups -OCH3 is 1. The minimum absolute atomic E-state index is 0.112. The fourth-order valence-electron chi connectivity index (χ4n) is 1.57. The Labute approximate surface area is 112 Å². The van der Waals surface area contributed by atoms with Crippen molar-refractivity contribution in [2.45, 2.75) is 19.9 Å². The standard InChI is InChI=1S/C13H15ClN2O2/c1-9-6-12(18-3)11(14)7-10(9)8-16(2)13(17)4-5-15/h6-7H,4,8H2,1-3H3. The van der Waals surface area contributed by atoms with Crippen molar-refractivity contribution in [2.75, 3.05) is 14.2 Å². The minimum Gasteiger partial charge on any atom is -0.495 e. The summed E-state index contributed by atoms with van der Waals surface area (Å²) in [4.78, 5) is 13.0. The second kappa shape index (κ2) is 6.27. The first kappa shape index (κ1) is 14.3. The van der Waals surface area contributed by atoms with E-state index < -0.39 is 0 Å². The SMILES string of the molecule is COc1cc(C)c(CN(C)C(=O)CC#N)cc1Cl. The van der Waals surface area contributed by atoms with E-state index in [4.69, 9.17) is 21.6 Å². The van der Waals surface area contributed by atoms with Crippen LogP contribution in [0.5, 0.6) is 5.75 Å². The number of nitrogens with zero attached hydrogens (tertiary/aromatic N) is 2. The summed E-state index contributed by atoms with van der Waals surface area (Å²) in [5, 5.41) is 9.00. The van der Waals surface area contributed by atoms with Crippen LogP contribution in [0, 0.1) is 18.3 Å². The van der Waals surface area contributed by atoms with E-state index in [2.05, 4.69) is 0 Å². The highest BCUT2D eigenvalue weighted by Gasteiger charge is 2.12. The Balaban J connectivity index is 2.89. The predicted octanol–water partition coefficient (Wildman–Crippen LogP) is 2.53. The molecule has 0 spiro atoms. The Morgan fingerprint density at radius 1 is 1.56 bits per heavy atom. The minimum atomic E-state index is -0.205. The number of carbonyl (C=O) groups is 1. The van der Waals surface area contributed by atoms with Crippen LogP contribution in [0.1, 0.15) is 17.5 Å². The lowest BCUT2D eigenvalue weighted by Gasteiger charge is -2.18. The number of carbonyl (C=O) groups excluding carboxylic acids is 1. The molecule has 1 aromatic carbocycles. The molecule has 18 heavy (non-hydrogen) atoms. The lowest BCUT2D eigenvalue weighted by molar-refractivity contribution is -0.129. The second-order valence-electron chi connectivity index (χ2n) is 4.00. The molecule has 0 aliphatic rings. The number of rotatable bonds is 4. The molecule has 0 saturated heterocycles. The van der Waals surface area contributed by atoms with Crippen molar-refractivity contribution in [2.24, 2.45) is 0 Å². The van der Waals surface area contributed by atoms with E-state index in [0.29, 0.717) is 17.3 Å². The number of aryl methyl sites for hydroxylation is 1. The first-order valence-corrected chi connectivity index (χ1v) is 5.81. The molecule has 0 fully saturated rings. The molecule has 1 rings (SSSR count). The van der Waals surface area contributed by atoms with Gasteiger partial charge in [0, 0.05) is 13.6 Å². The number of nitriles is 1. The van der Waals surface area contributed by atoms with Crippen molar-refractivity contribution < 1.29 is 9.53 Å². The molecule has 0 aromatic heterocycles. The maximum Gasteiger partial charge on any atom is 0.236 e.